The first-order chi connectivity index (χ1) is 21.0. The van der Waals surface area contributed by atoms with Gasteiger partial charge in [-0.25, -0.2) is 13.6 Å². The summed E-state index contributed by atoms with van der Waals surface area (Å²) in [6, 6.07) is 13.3. The fourth-order valence-electron chi connectivity index (χ4n) is 6.65. The average molecular weight is 638 g/mol. The van der Waals surface area contributed by atoms with E-state index in [2.05, 4.69) is 19.8 Å². The third kappa shape index (κ3) is 6.37. The van der Waals surface area contributed by atoms with Crippen LogP contribution in [0.3, 0.4) is 0 Å². The molecule has 3 aliphatic rings. The number of rotatable bonds is 8. The van der Waals surface area contributed by atoms with E-state index in [1.165, 1.54) is 4.68 Å². The van der Waals surface area contributed by atoms with E-state index in [-0.39, 0.29) is 12.3 Å². The van der Waals surface area contributed by atoms with Crippen LogP contribution in [0.2, 0.25) is 5.02 Å². The number of piperazine rings is 1. The number of carboxylic acid groups (broad SMARTS) is 1. The molecule has 1 aliphatic carbocycles. The van der Waals surface area contributed by atoms with Gasteiger partial charge in [-0.2, -0.15) is 18.3 Å². The Labute approximate surface area is 256 Å². The van der Waals surface area contributed by atoms with Crippen molar-refractivity contribution in [3.05, 3.63) is 64.9 Å². The first-order valence-corrected chi connectivity index (χ1v) is 15.1. The molecule has 3 aromatic rings. The summed E-state index contributed by atoms with van der Waals surface area (Å²) in [5.74, 6) is -2.86. The molecule has 7 nitrogen and oxygen atoms in total. The Hall–Kier alpha value is -3.38. The molecule has 2 aliphatic heterocycles. The maximum Gasteiger partial charge on any atom is 0.392 e. The van der Waals surface area contributed by atoms with Crippen LogP contribution >= 0.6 is 11.6 Å². The van der Waals surface area contributed by atoms with Crippen LogP contribution in [0.5, 0.6) is 0 Å². The minimum atomic E-state index is -4.09. The molecule has 3 heterocycles. The number of alkyl halides is 5. The molecule has 1 saturated carbocycles. The van der Waals surface area contributed by atoms with Crippen LogP contribution in [0.15, 0.2) is 48.7 Å². The zero-order valence-corrected chi connectivity index (χ0v) is 24.6. The van der Waals surface area contributed by atoms with Crippen molar-refractivity contribution >= 4 is 28.9 Å². The molecule has 44 heavy (non-hydrogen) atoms. The largest absolute Gasteiger partial charge is 0.478 e. The molecule has 3 atom stereocenters. The van der Waals surface area contributed by atoms with Crippen molar-refractivity contribution < 1.29 is 31.9 Å². The summed E-state index contributed by atoms with van der Waals surface area (Å²) in [7, 11) is 0. The van der Waals surface area contributed by atoms with Crippen molar-refractivity contribution in [2.45, 2.75) is 37.9 Å². The van der Waals surface area contributed by atoms with Crippen LogP contribution in [0.4, 0.5) is 33.3 Å². The van der Waals surface area contributed by atoms with Gasteiger partial charge >= 0.3 is 12.1 Å². The maximum absolute atomic E-state index is 13.9. The second kappa shape index (κ2) is 12.2. The Morgan fingerprint density at radius 2 is 1.75 bits per heavy atom. The van der Waals surface area contributed by atoms with E-state index in [9.17, 15) is 31.9 Å². The first-order valence-electron chi connectivity index (χ1n) is 14.8. The van der Waals surface area contributed by atoms with Gasteiger partial charge in [0.1, 0.15) is 11.3 Å². The minimum absolute atomic E-state index is 0.238. The summed E-state index contributed by atoms with van der Waals surface area (Å²) >= 11 is 6.41. The number of aromatic nitrogens is 2. The number of anilines is 2. The van der Waals surface area contributed by atoms with Crippen molar-refractivity contribution in [3.63, 3.8) is 0 Å². The smallest absolute Gasteiger partial charge is 0.392 e. The van der Waals surface area contributed by atoms with Gasteiger partial charge in [0, 0.05) is 67.8 Å². The van der Waals surface area contributed by atoms with Gasteiger partial charge in [-0.3, -0.25) is 9.58 Å². The van der Waals surface area contributed by atoms with Crippen LogP contribution in [0, 0.1) is 11.8 Å². The summed E-state index contributed by atoms with van der Waals surface area (Å²) < 4.78 is 67.7. The van der Waals surface area contributed by atoms with Crippen LogP contribution in [0.1, 0.15) is 47.8 Å². The van der Waals surface area contributed by atoms with Crippen molar-refractivity contribution in [2.24, 2.45) is 11.8 Å². The minimum Gasteiger partial charge on any atom is -0.478 e. The molecular weight excluding hydrogens is 605 g/mol. The lowest BCUT2D eigenvalue weighted by molar-refractivity contribution is -0.151. The topological polar surface area (TPSA) is 64.8 Å². The van der Waals surface area contributed by atoms with E-state index in [1.807, 2.05) is 36.4 Å². The Bertz CT molecular complexity index is 1490. The number of halogens is 6. The van der Waals surface area contributed by atoms with Gasteiger partial charge in [0.25, 0.3) is 6.43 Å². The summed E-state index contributed by atoms with van der Waals surface area (Å²) in [5.41, 5.74) is 2.70. The molecule has 0 spiro atoms. The lowest BCUT2D eigenvalue weighted by Gasteiger charge is -2.37. The third-order valence-corrected chi connectivity index (χ3v) is 9.30. The number of hydrogen-bond acceptors (Lipinski definition) is 5. The van der Waals surface area contributed by atoms with Gasteiger partial charge in [0.2, 0.25) is 0 Å². The van der Waals surface area contributed by atoms with Gasteiger partial charge in [0.05, 0.1) is 18.2 Å². The zero-order chi connectivity index (χ0) is 31.2. The highest BCUT2D eigenvalue weighted by molar-refractivity contribution is 6.31. The van der Waals surface area contributed by atoms with Gasteiger partial charge < -0.3 is 14.9 Å². The molecule has 1 aromatic heterocycles. The van der Waals surface area contributed by atoms with Crippen molar-refractivity contribution in [2.75, 3.05) is 55.6 Å². The van der Waals surface area contributed by atoms with E-state index in [0.29, 0.717) is 37.5 Å². The van der Waals surface area contributed by atoms with Gasteiger partial charge in [-0.1, -0.05) is 29.8 Å². The highest BCUT2D eigenvalue weighted by Crippen LogP contribution is 2.50. The van der Waals surface area contributed by atoms with Crippen molar-refractivity contribution in [1.29, 1.82) is 0 Å². The standard InChI is InChI=1S/C31H33ClF5N5O2/c32-21-5-8-24(27(15-21)41-9-1-2-23(18-41)42-28(29(33)34)25(16-38-42)30(43)44)19-3-6-22(7-4-19)40-12-10-39(11-13-40)17-20-14-26(20)31(35,36)37/h3-8,15-16,20,23,26,29H,1-2,9-14,17-18H2,(H,43,44). The number of nitrogens with zero attached hydrogens (tertiary/aromatic N) is 5. The van der Waals surface area contributed by atoms with E-state index in [1.54, 1.807) is 6.07 Å². The summed E-state index contributed by atoms with van der Waals surface area (Å²) in [5, 5.41) is 14.0. The van der Waals surface area contributed by atoms with Gasteiger partial charge in [0.15, 0.2) is 0 Å². The monoisotopic (exact) mass is 637 g/mol. The maximum atomic E-state index is 13.9. The molecule has 3 fully saturated rings. The number of piperidine rings is 1. The summed E-state index contributed by atoms with van der Waals surface area (Å²) in [4.78, 5) is 18.0. The van der Waals surface area contributed by atoms with E-state index >= 15 is 0 Å². The highest BCUT2D eigenvalue weighted by atomic mass is 35.5. The van der Waals surface area contributed by atoms with Crippen LogP contribution in [-0.4, -0.2) is 77.7 Å². The van der Waals surface area contributed by atoms with Crippen LogP contribution in [0.25, 0.3) is 11.1 Å². The Kier molecular flexibility index (Phi) is 8.49. The molecule has 0 radical (unpaired) electrons. The lowest BCUT2D eigenvalue weighted by atomic mass is 9.99. The summed E-state index contributed by atoms with van der Waals surface area (Å²) in [6.45, 7) is 4.45. The Morgan fingerprint density at radius 1 is 1.02 bits per heavy atom. The van der Waals surface area contributed by atoms with Crippen LogP contribution in [-0.2, 0) is 0 Å². The number of carbonyl (C=O) groups is 1. The SMILES string of the molecule is O=C(O)c1cnn(C2CCCN(c3cc(Cl)ccc3-c3ccc(N4CCN(CC5CC5C(F)(F)F)CC4)cc3)C2)c1C(F)F. The average Bonchev–Trinajstić information content (AvgIpc) is 3.63. The molecule has 1 N–H and O–H groups in total. The molecule has 2 aromatic carbocycles. The fraction of sp³-hybridized carbons (Fsp3) is 0.484. The predicted molar refractivity (Wildman–Crippen MR) is 158 cm³/mol. The first kappa shape index (κ1) is 30.6. The number of hydrogen-bond donors (Lipinski definition) is 1. The van der Waals surface area contributed by atoms with Gasteiger partial charge in [-0.05, 0) is 55.0 Å². The van der Waals surface area contributed by atoms with E-state index in [4.69, 9.17) is 11.6 Å². The highest BCUT2D eigenvalue weighted by Gasteiger charge is 2.55. The molecule has 13 heteroatoms. The quantitative estimate of drug-likeness (QED) is 0.268. The lowest BCUT2D eigenvalue weighted by Crippen LogP contribution is -2.47. The van der Waals surface area contributed by atoms with E-state index < -0.39 is 41.8 Å². The second-order valence-electron chi connectivity index (χ2n) is 11.9. The normalized spacial score (nSPS) is 22.9. The predicted octanol–water partition coefficient (Wildman–Crippen LogP) is 7.00. The number of aromatic carboxylic acids is 1. The molecule has 6 rings (SSSR count). The molecule has 236 valence electrons. The number of benzene rings is 2. The Balaban J connectivity index is 1.15. The molecular formula is C31H33ClF5N5O2. The van der Waals surface area contributed by atoms with Gasteiger partial charge in [-0.15, -0.1) is 0 Å². The van der Waals surface area contributed by atoms with Crippen LogP contribution < -0.4 is 9.80 Å². The van der Waals surface area contributed by atoms with Crippen molar-refractivity contribution in [3.8, 4) is 11.1 Å². The third-order valence-electron chi connectivity index (χ3n) is 9.07. The van der Waals surface area contributed by atoms with E-state index in [0.717, 1.165) is 54.9 Å². The molecule has 3 unspecified atom stereocenters. The number of carboxylic acids is 1. The Morgan fingerprint density at radius 3 is 2.39 bits per heavy atom. The zero-order valence-electron chi connectivity index (χ0n) is 23.9. The molecule has 0 amide bonds. The molecule has 0 bridgehead atoms. The second-order valence-corrected chi connectivity index (χ2v) is 12.3. The van der Waals surface area contributed by atoms with Crippen molar-refractivity contribution in [1.82, 2.24) is 14.7 Å². The summed E-state index contributed by atoms with van der Waals surface area (Å²) in [6.07, 6.45) is -4.55. The fourth-order valence-corrected chi connectivity index (χ4v) is 6.82. The molecule has 2 saturated heterocycles.